The maximum atomic E-state index is 5.60. The smallest absolute Gasteiger partial charge is 0.0935 e. The van der Waals surface area contributed by atoms with Crippen LogP contribution in [-0.2, 0) is 11.2 Å². The minimum atomic E-state index is 0.370. The van der Waals surface area contributed by atoms with E-state index in [0.29, 0.717) is 18.1 Å². The predicted octanol–water partition coefficient (Wildman–Crippen LogP) is 1.84. The van der Waals surface area contributed by atoms with Crippen molar-refractivity contribution in [2.45, 2.75) is 31.9 Å². The minimum Gasteiger partial charge on any atom is -0.472 e. The molecule has 1 aliphatic rings. The van der Waals surface area contributed by atoms with Gasteiger partial charge >= 0.3 is 0 Å². The molecule has 84 valence electrons. The van der Waals surface area contributed by atoms with E-state index in [1.807, 2.05) is 19.4 Å². The zero-order valence-electron chi connectivity index (χ0n) is 9.40. The SMILES string of the molecule is CNC(Cc1ccoc1)C1CCOC1C. The molecule has 3 unspecified atom stereocenters. The summed E-state index contributed by atoms with van der Waals surface area (Å²) in [6.07, 6.45) is 6.10. The van der Waals surface area contributed by atoms with Crippen LogP contribution in [0.1, 0.15) is 18.9 Å². The Balaban J connectivity index is 1.97. The van der Waals surface area contributed by atoms with Gasteiger partial charge in [0, 0.05) is 18.6 Å². The van der Waals surface area contributed by atoms with E-state index < -0.39 is 0 Å². The number of likely N-dealkylation sites (N-methyl/N-ethyl adjacent to an activating group) is 1. The van der Waals surface area contributed by atoms with Crippen LogP contribution in [0.3, 0.4) is 0 Å². The van der Waals surface area contributed by atoms with Gasteiger partial charge in [0.2, 0.25) is 0 Å². The lowest BCUT2D eigenvalue weighted by atomic mass is 9.90. The molecular weight excluding hydrogens is 190 g/mol. The molecule has 1 aromatic rings. The summed E-state index contributed by atoms with van der Waals surface area (Å²) in [5.74, 6) is 0.616. The molecule has 0 saturated carbocycles. The topological polar surface area (TPSA) is 34.4 Å². The van der Waals surface area contributed by atoms with Crippen molar-refractivity contribution in [3.8, 4) is 0 Å². The molecule has 0 amide bonds. The molecule has 2 heterocycles. The lowest BCUT2D eigenvalue weighted by molar-refractivity contribution is 0.0963. The van der Waals surface area contributed by atoms with Gasteiger partial charge in [0.25, 0.3) is 0 Å². The van der Waals surface area contributed by atoms with Crippen LogP contribution in [-0.4, -0.2) is 25.8 Å². The molecule has 1 saturated heterocycles. The number of rotatable bonds is 4. The monoisotopic (exact) mass is 209 g/mol. The first kappa shape index (κ1) is 10.7. The van der Waals surface area contributed by atoms with Gasteiger partial charge in [-0.2, -0.15) is 0 Å². The Labute approximate surface area is 90.8 Å². The quantitative estimate of drug-likeness (QED) is 0.821. The molecule has 15 heavy (non-hydrogen) atoms. The molecule has 1 aliphatic heterocycles. The molecule has 2 rings (SSSR count). The summed E-state index contributed by atoms with van der Waals surface area (Å²) in [6, 6.07) is 2.52. The third-order valence-corrected chi connectivity index (χ3v) is 3.36. The first-order chi connectivity index (χ1) is 7.31. The predicted molar refractivity (Wildman–Crippen MR) is 58.8 cm³/mol. The van der Waals surface area contributed by atoms with Crippen molar-refractivity contribution in [1.82, 2.24) is 5.32 Å². The lowest BCUT2D eigenvalue weighted by Crippen LogP contribution is -2.38. The Bertz CT molecular complexity index is 284. The van der Waals surface area contributed by atoms with Gasteiger partial charge < -0.3 is 14.5 Å². The van der Waals surface area contributed by atoms with Gasteiger partial charge in [0.05, 0.1) is 18.6 Å². The fraction of sp³-hybridized carbons (Fsp3) is 0.667. The number of furan rings is 1. The molecule has 1 aromatic heterocycles. The standard InChI is InChI=1S/C12H19NO2/c1-9-11(4-6-15-9)12(13-2)7-10-3-5-14-8-10/h3,5,8-9,11-13H,4,6-7H2,1-2H3. The Hall–Kier alpha value is -0.800. The maximum absolute atomic E-state index is 5.60. The average molecular weight is 209 g/mol. The van der Waals surface area contributed by atoms with E-state index in [1.54, 1.807) is 6.26 Å². The van der Waals surface area contributed by atoms with Crippen LogP contribution in [0, 0.1) is 5.92 Å². The first-order valence-electron chi connectivity index (χ1n) is 5.61. The summed E-state index contributed by atoms with van der Waals surface area (Å²) in [4.78, 5) is 0. The van der Waals surface area contributed by atoms with Gasteiger partial charge in [-0.25, -0.2) is 0 Å². The molecule has 1 N–H and O–H groups in total. The summed E-state index contributed by atoms with van der Waals surface area (Å²) in [7, 11) is 2.02. The normalized spacial score (nSPS) is 28.1. The molecule has 0 bridgehead atoms. The fourth-order valence-corrected chi connectivity index (χ4v) is 2.41. The Kier molecular flexibility index (Phi) is 3.44. The summed E-state index contributed by atoms with van der Waals surface area (Å²) in [5.41, 5.74) is 1.26. The van der Waals surface area contributed by atoms with Crippen LogP contribution in [0.4, 0.5) is 0 Å². The van der Waals surface area contributed by atoms with Crippen LogP contribution in [0.2, 0.25) is 0 Å². The highest BCUT2D eigenvalue weighted by atomic mass is 16.5. The highest BCUT2D eigenvalue weighted by Crippen LogP contribution is 2.25. The van der Waals surface area contributed by atoms with Gasteiger partial charge in [0.15, 0.2) is 0 Å². The molecule has 0 aromatic carbocycles. The lowest BCUT2D eigenvalue weighted by Gasteiger charge is -2.24. The van der Waals surface area contributed by atoms with Crippen LogP contribution in [0.5, 0.6) is 0 Å². The molecule has 0 radical (unpaired) electrons. The van der Waals surface area contributed by atoms with E-state index >= 15 is 0 Å². The Morgan fingerprint density at radius 2 is 2.47 bits per heavy atom. The molecule has 0 spiro atoms. The van der Waals surface area contributed by atoms with Crippen molar-refractivity contribution in [2.24, 2.45) is 5.92 Å². The van der Waals surface area contributed by atoms with Crippen LogP contribution in [0.15, 0.2) is 23.0 Å². The Morgan fingerprint density at radius 1 is 1.60 bits per heavy atom. The summed E-state index contributed by atoms with van der Waals surface area (Å²) in [6.45, 7) is 3.06. The summed E-state index contributed by atoms with van der Waals surface area (Å²) in [5, 5.41) is 3.39. The zero-order valence-corrected chi connectivity index (χ0v) is 9.40. The third-order valence-electron chi connectivity index (χ3n) is 3.36. The van der Waals surface area contributed by atoms with Crippen LogP contribution < -0.4 is 5.32 Å². The largest absolute Gasteiger partial charge is 0.472 e. The van der Waals surface area contributed by atoms with Gasteiger partial charge in [-0.15, -0.1) is 0 Å². The third kappa shape index (κ3) is 2.41. The van der Waals surface area contributed by atoms with E-state index in [4.69, 9.17) is 9.15 Å². The van der Waals surface area contributed by atoms with Crippen molar-refractivity contribution in [1.29, 1.82) is 0 Å². The van der Waals surface area contributed by atoms with E-state index in [1.165, 1.54) is 5.56 Å². The van der Waals surface area contributed by atoms with Crippen molar-refractivity contribution < 1.29 is 9.15 Å². The first-order valence-corrected chi connectivity index (χ1v) is 5.61. The summed E-state index contributed by atoms with van der Waals surface area (Å²) >= 11 is 0. The molecule has 3 atom stereocenters. The van der Waals surface area contributed by atoms with Crippen LogP contribution in [0.25, 0.3) is 0 Å². The van der Waals surface area contributed by atoms with E-state index in [0.717, 1.165) is 19.4 Å². The number of hydrogen-bond donors (Lipinski definition) is 1. The molecule has 3 nitrogen and oxygen atoms in total. The van der Waals surface area contributed by atoms with E-state index in [-0.39, 0.29) is 0 Å². The van der Waals surface area contributed by atoms with E-state index in [9.17, 15) is 0 Å². The van der Waals surface area contributed by atoms with Gasteiger partial charge in [0.1, 0.15) is 0 Å². The van der Waals surface area contributed by atoms with Crippen molar-refractivity contribution in [3.63, 3.8) is 0 Å². The van der Waals surface area contributed by atoms with Gasteiger partial charge in [-0.05, 0) is 38.4 Å². The second kappa shape index (κ2) is 4.81. The van der Waals surface area contributed by atoms with Crippen molar-refractivity contribution in [3.05, 3.63) is 24.2 Å². The second-order valence-corrected chi connectivity index (χ2v) is 4.26. The summed E-state index contributed by atoms with van der Waals surface area (Å²) < 4.78 is 10.7. The molecule has 1 fully saturated rings. The number of ether oxygens (including phenoxy) is 1. The van der Waals surface area contributed by atoms with E-state index in [2.05, 4.69) is 12.2 Å². The average Bonchev–Trinajstić information content (AvgIpc) is 2.85. The van der Waals surface area contributed by atoms with Gasteiger partial charge in [-0.1, -0.05) is 0 Å². The highest BCUT2D eigenvalue weighted by Gasteiger charge is 2.31. The fourth-order valence-electron chi connectivity index (χ4n) is 2.41. The highest BCUT2D eigenvalue weighted by molar-refractivity contribution is 5.08. The van der Waals surface area contributed by atoms with Crippen molar-refractivity contribution in [2.75, 3.05) is 13.7 Å². The second-order valence-electron chi connectivity index (χ2n) is 4.26. The number of nitrogens with one attached hydrogen (secondary N) is 1. The van der Waals surface area contributed by atoms with Crippen molar-refractivity contribution >= 4 is 0 Å². The van der Waals surface area contributed by atoms with Gasteiger partial charge in [-0.3, -0.25) is 0 Å². The minimum absolute atomic E-state index is 0.370. The Morgan fingerprint density at radius 3 is 3.00 bits per heavy atom. The molecule has 3 heteroatoms. The molecule has 0 aliphatic carbocycles. The maximum Gasteiger partial charge on any atom is 0.0935 e. The molecular formula is C12H19NO2. The zero-order chi connectivity index (χ0) is 10.7. The van der Waals surface area contributed by atoms with Crippen LogP contribution >= 0.6 is 0 Å². The number of hydrogen-bond acceptors (Lipinski definition) is 3.